The highest BCUT2D eigenvalue weighted by atomic mass is 19.1. The zero-order valence-electron chi connectivity index (χ0n) is 16.8. The van der Waals surface area contributed by atoms with Gasteiger partial charge in [0.15, 0.2) is 0 Å². The summed E-state index contributed by atoms with van der Waals surface area (Å²) in [5, 5.41) is 20.9. The van der Waals surface area contributed by atoms with Crippen LogP contribution in [0, 0.1) is 5.82 Å². The number of aliphatic hydroxyl groups excluding tert-OH is 2. The Labute approximate surface area is 170 Å². The van der Waals surface area contributed by atoms with E-state index in [0.717, 1.165) is 11.1 Å². The molecule has 0 aliphatic carbocycles. The quantitative estimate of drug-likeness (QED) is 0.683. The molecule has 1 aliphatic rings. The highest BCUT2D eigenvalue weighted by Gasteiger charge is 2.50. The Bertz CT molecular complexity index is 844. The van der Waals surface area contributed by atoms with Crippen LogP contribution in [0.25, 0.3) is 11.1 Å². The largest absolute Gasteiger partial charge is 0.462 e. The molecule has 1 fully saturated rings. The van der Waals surface area contributed by atoms with Crippen molar-refractivity contribution in [2.75, 3.05) is 13.7 Å². The van der Waals surface area contributed by atoms with Crippen molar-refractivity contribution in [3.63, 3.8) is 0 Å². The Morgan fingerprint density at radius 3 is 2.55 bits per heavy atom. The number of rotatable bonds is 6. The Kier molecular flexibility index (Phi) is 6.55. The molecule has 29 heavy (non-hydrogen) atoms. The average molecular weight is 405 g/mol. The molecule has 2 aromatic rings. The summed E-state index contributed by atoms with van der Waals surface area (Å²) in [5.74, 6) is 0.0852. The first-order valence-electron chi connectivity index (χ1n) is 9.59. The van der Waals surface area contributed by atoms with Crippen LogP contribution in [0.15, 0.2) is 42.5 Å². The van der Waals surface area contributed by atoms with Gasteiger partial charge in [-0.3, -0.25) is 0 Å². The summed E-state index contributed by atoms with van der Waals surface area (Å²) in [6.45, 7) is 3.97. The maximum absolute atomic E-state index is 13.7. The maximum Gasteiger partial charge on any atom is 0.229 e. The molecule has 4 atom stereocenters. The number of ether oxygens (including phenoxy) is 3. The number of benzene rings is 2. The summed E-state index contributed by atoms with van der Waals surface area (Å²) in [6, 6.07) is 11.6. The number of nitrogens with two attached hydrogens (primary N) is 1. The number of hydrogen-bond acceptors (Lipinski definition) is 6. The zero-order chi connectivity index (χ0) is 21.2. The summed E-state index contributed by atoms with van der Waals surface area (Å²) in [6.07, 6.45) is -3.64. The molecule has 158 valence electrons. The van der Waals surface area contributed by atoms with E-state index in [9.17, 15) is 14.6 Å². The molecule has 3 rings (SSSR count). The molecule has 2 aromatic carbocycles. The first-order valence-corrected chi connectivity index (χ1v) is 9.59. The lowest BCUT2D eigenvalue weighted by Crippen LogP contribution is -2.63. The Hall–Kier alpha value is -2.03. The molecule has 0 amide bonds. The second-order valence-corrected chi connectivity index (χ2v) is 7.71. The third-order valence-electron chi connectivity index (χ3n) is 5.18. The fourth-order valence-electron chi connectivity index (χ4n) is 3.77. The third-order valence-corrected chi connectivity index (χ3v) is 5.18. The van der Waals surface area contributed by atoms with Gasteiger partial charge in [0.2, 0.25) is 6.29 Å². The molecular weight excluding hydrogens is 377 g/mol. The molecule has 0 unspecified atom stereocenters. The first kappa shape index (κ1) is 21.7. The fourth-order valence-corrected chi connectivity index (χ4v) is 3.77. The lowest BCUT2D eigenvalue weighted by atomic mass is 9.89. The van der Waals surface area contributed by atoms with Crippen LogP contribution in [0.4, 0.5) is 4.39 Å². The minimum Gasteiger partial charge on any atom is -0.462 e. The molecular formula is C22H28FNO5. The molecule has 4 N–H and O–H groups in total. The second kappa shape index (κ2) is 8.77. The van der Waals surface area contributed by atoms with Crippen molar-refractivity contribution in [2.24, 2.45) is 5.73 Å². The van der Waals surface area contributed by atoms with Crippen LogP contribution in [0.5, 0.6) is 5.75 Å². The summed E-state index contributed by atoms with van der Waals surface area (Å²) in [7, 11) is 1.45. The van der Waals surface area contributed by atoms with Gasteiger partial charge in [-0.15, -0.1) is 0 Å². The summed E-state index contributed by atoms with van der Waals surface area (Å²) < 4.78 is 30.8. The minimum absolute atomic E-state index is 0.339. The number of halogens is 1. The molecule has 0 radical (unpaired) electrons. The highest BCUT2D eigenvalue weighted by molar-refractivity contribution is 5.69. The van der Waals surface area contributed by atoms with Gasteiger partial charge >= 0.3 is 0 Å². The average Bonchev–Trinajstić information content (AvgIpc) is 2.67. The Balaban J connectivity index is 1.91. The molecule has 1 saturated heterocycles. The van der Waals surface area contributed by atoms with Gasteiger partial charge < -0.3 is 30.2 Å². The van der Waals surface area contributed by atoms with E-state index >= 15 is 0 Å². The van der Waals surface area contributed by atoms with E-state index in [1.54, 1.807) is 32.0 Å². The summed E-state index contributed by atoms with van der Waals surface area (Å²) in [5.41, 5.74) is 7.28. The van der Waals surface area contributed by atoms with Crippen molar-refractivity contribution in [1.82, 2.24) is 0 Å². The predicted molar refractivity (Wildman–Crippen MR) is 107 cm³/mol. The lowest BCUT2D eigenvalue weighted by molar-refractivity contribution is -0.305. The van der Waals surface area contributed by atoms with E-state index in [-0.39, 0.29) is 5.82 Å². The van der Waals surface area contributed by atoms with E-state index in [2.05, 4.69) is 0 Å². The van der Waals surface area contributed by atoms with Crippen LogP contribution in [-0.2, 0) is 15.9 Å². The van der Waals surface area contributed by atoms with Crippen LogP contribution in [0.1, 0.15) is 19.4 Å². The maximum atomic E-state index is 13.7. The fraction of sp³-hybridized carbons (Fsp3) is 0.455. The van der Waals surface area contributed by atoms with Gasteiger partial charge in [0.05, 0.1) is 5.60 Å². The van der Waals surface area contributed by atoms with Gasteiger partial charge in [0.1, 0.15) is 29.9 Å². The molecule has 7 heteroatoms. The molecule has 1 aliphatic heterocycles. The van der Waals surface area contributed by atoms with Crippen molar-refractivity contribution >= 4 is 0 Å². The van der Waals surface area contributed by atoms with Crippen LogP contribution in [0.3, 0.4) is 0 Å². The van der Waals surface area contributed by atoms with Crippen LogP contribution in [-0.4, -0.2) is 54.1 Å². The van der Waals surface area contributed by atoms with Crippen LogP contribution < -0.4 is 10.5 Å². The number of methoxy groups -OCH3 is 1. The number of aliphatic hydroxyl groups is 2. The van der Waals surface area contributed by atoms with Crippen molar-refractivity contribution in [2.45, 2.75) is 50.5 Å². The zero-order valence-corrected chi connectivity index (χ0v) is 16.8. The third kappa shape index (κ3) is 4.60. The van der Waals surface area contributed by atoms with Crippen molar-refractivity contribution in [3.8, 4) is 16.9 Å². The van der Waals surface area contributed by atoms with E-state index in [1.165, 1.54) is 19.2 Å². The van der Waals surface area contributed by atoms with Gasteiger partial charge in [-0.2, -0.15) is 0 Å². The molecule has 0 bridgehead atoms. The SMILES string of the molecule is CO[C@@H]1[C@@H](O)[C@@H](O)[C@H](Oc2ccc(CCN)c(-c3cccc(F)c3)c2)OC1(C)C. The van der Waals surface area contributed by atoms with Crippen LogP contribution >= 0.6 is 0 Å². The molecule has 0 saturated carbocycles. The van der Waals surface area contributed by atoms with E-state index in [0.29, 0.717) is 24.3 Å². The predicted octanol–water partition coefficient (Wildman–Crippen LogP) is 2.24. The highest BCUT2D eigenvalue weighted by Crippen LogP contribution is 2.34. The Morgan fingerprint density at radius 2 is 1.90 bits per heavy atom. The van der Waals surface area contributed by atoms with Crippen molar-refractivity contribution in [1.29, 1.82) is 0 Å². The van der Waals surface area contributed by atoms with Crippen molar-refractivity contribution < 1.29 is 28.8 Å². The Morgan fingerprint density at radius 1 is 1.14 bits per heavy atom. The summed E-state index contributed by atoms with van der Waals surface area (Å²) >= 11 is 0. The smallest absolute Gasteiger partial charge is 0.229 e. The first-order chi connectivity index (χ1) is 13.8. The summed E-state index contributed by atoms with van der Waals surface area (Å²) in [4.78, 5) is 0. The normalized spacial score (nSPS) is 26.3. The van der Waals surface area contributed by atoms with Gasteiger partial charge in [0.25, 0.3) is 0 Å². The van der Waals surface area contributed by atoms with Crippen LogP contribution in [0.2, 0.25) is 0 Å². The van der Waals surface area contributed by atoms with Gasteiger partial charge in [0, 0.05) is 7.11 Å². The van der Waals surface area contributed by atoms with E-state index in [4.69, 9.17) is 19.9 Å². The molecule has 1 heterocycles. The molecule has 0 aromatic heterocycles. The van der Waals surface area contributed by atoms with E-state index < -0.39 is 30.2 Å². The van der Waals surface area contributed by atoms with Crippen molar-refractivity contribution in [3.05, 3.63) is 53.8 Å². The van der Waals surface area contributed by atoms with E-state index in [1.807, 2.05) is 12.1 Å². The minimum atomic E-state index is -1.30. The lowest BCUT2D eigenvalue weighted by Gasteiger charge is -2.46. The second-order valence-electron chi connectivity index (χ2n) is 7.71. The topological polar surface area (TPSA) is 94.2 Å². The van der Waals surface area contributed by atoms with Gasteiger partial charge in [-0.1, -0.05) is 18.2 Å². The monoisotopic (exact) mass is 405 g/mol. The van der Waals surface area contributed by atoms with Gasteiger partial charge in [-0.25, -0.2) is 4.39 Å². The molecule has 0 spiro atoms. The van der Waals surface area contributed by atoms with Gasteiger partial charge in [-0.05, 0) is 67.8 Å². The standard InChI is InChI=1S/C22H28FNO5/c1-22(2)20(27-3)18(25)19(26)21(29-22)28-16-8-7-13(9-10-24)17(12-16)14-5-4-6-15(23)11-14/h4-8,11-12,18-21,25-26H,9-10,24H2,1-3H3/t18-,19+,20+,21+/m0/s1. The number of hydrogen-bond donors (Lipinski definition) is 3. The molecule has 6 nitrogen and oxygen atoms in total.